The molecule has 0 unspecified atom stereocenters. The van der Waals surface area contributed by atoms with E-state index in [-0.39, 0.29) is 0 Å². The van der Waals surface area contributed by atoms with Crippen molar-refractivity contribution in [2.24, 2.45) is 4.99 Å². The molecule has 0 aliphatic rings. The Morgan fingerprint density at radius 1 is 1.40 bits per heavy atom. The summed E-state index contributed by atoms with van der Waals surface area (Å²) in [5.41, 5.74) is 2.05. The second-order valence-electron chi connectivity index (χ2n) is 3.26. The van der Waals surface area contributed by atoms with Crippen molar-refractivity contribution < 1.29 is 4.42 Å². The van der Waals surface area contributed by atoms with E-state index in [0.29, 0.717) is 6.54 Å². The predicted molar refractivity (Wildman–Crippen MR) is 64.3 cm³/mol. The fourth-order valence-corrected chi connectivity index (χ4v) is 1.78. The molecule has 0 radical (unpaired) electrons. The van der Waals surface area contributed by atoms with Crippen LogP contribution < -0.4 is 0 Å². The Bertz CT molecular complexity index is 523. The van der Waals surface area contributed by atoms with E-state index in [1.807, 2.05) is 24.3 Å². The van der Waals surface area contributed by atoms with Crippen molar-refractivity contribution in [3.63, 3.8) is 0 Å². The highest BCUT2D eigenvalue weighted by Gasteiger charge is 2.10. The van der Waals surface area contributed by atoms with Crippen LogP contribution in [0.5, 0.6) is 0 Å². The number of hydrogen-bond donors (Lipinski definition) is 0. The summed E-state index contributed by atoms with van der Waals surface area (Å²) in [6.45, 7) is 2.63. The summed E-state index contributed by atoms with van der Waals surface area (Å²) in [6.07, 6.45) is 0.872. The quantitative estimate of drug-likeness (QED) is 0.580. The number of benzene rings is 1. The first-order valence-electron chi connectivity index (χ1n) is 4.89. The molecule has 0 fully saturated rings. The van der Waals surface area contributed by atoms with Crippen LogP contribution in [0.3, 0.4) is 0 Å². The zero-order valence-electron chi connectivity index (χ0n) is 8.49. The molecule has 0 aliphatic heterocycles. The maximum Gasteiger partial charge on any atom is 0.134 e. The van der Waals surface area contributed by atoms with Crippen molar-refractivity contribution in [2.75, 3.05) is 0 Å². The molecule has 0 atom stereocenters. The molecule has 1 heterocycles. The molecule has 1 aromatic carbocycles. The highest BCUT2D eigenvalue weighted by Crippen LogP contribution is 2.26. The molecule has 1 aromatic heterocycles. The highest BCUT2D eigenvalue weighted by molar-refractivity contribution is 7.78. The molecule has 3 heteroatoms. The van der Waals surface area contributed by atoms with Crippen LogP contribution in [-0.4, -0.2) is 5.16 Å². The lowest BCUT2D eigenvalue weighted by Crippen LogP contribution is -1.85. The van der Waals surface area contributed by atoms with Gasteiger partial charge in [-0.15, -0.1) is 0 Å². The summed E-state index contributed by atoms with van der Waals surface area (Å²) in [5.74, 6) is 0.991. The number of nitrogens with zero attached hydrogens (tertiary/aromatic N) is 1. The van der Waals surface area contributed by atoms with Gasteiger partial charge in [0.2, 0.25) is 0 Å². The summed E-state index contributed by atoms with van der Waals surface area (Å²) in [6, 6.07) is 7.99. The molecule has 0 saturated heterocycles. The first kappa shape index (κ1) is 10.1. The highest BCUT2D eigenvalue weighted by atomic mass is 32.1. The molecular formula is C12H11NOS. The van der Waals surface area contributed by atoms with Gasteiger partial charge in [0.05, 0.1) is 11.7 Å². The van der Waals surface area contributed by atoms with E-state index in [4.69, 9.17) is 4.42 Å². The number of thiocarbonyl (C=S) groups is 1. The summed E-state index contributed by atoms with van der Waals surface area (Å²) >= 11 is 4.58. The second-order valence-corrected chi connectivity index (χ2v) is 3.44. The molecule has 0 N–H and O–H groups in total. The fraction of sp³-hybridized carbons (Fsp3) is 0.250. The van der Waals surface area contributed by atoms with Crippen molar-refractivity contribution >= 4 is 28.3 Å². The van der Waals surface area contributed by atoms with Crippen LogP contribution in [-0.2, 0) is 13.0 Å². The minimum atomic E-state index is 0.559. The van der Waals surface area contributed by atoms with Gasteiger partial charge in [0.25, 0.3) is 0 Å². The number of hydrogen-bond acceptors (Lipinski definition) is 3. The molecule has 0 aliphatic carbocycles. The van der Waals surface area contributed by atoms with Gasteiger partial charge in [0, 0.05) is 17.4 Å². The van der Waals surface area contributed by atoms with Crippen LogP contribution in [0.1, 0.15) is 18.2 Å². The van der Waals surface area contributed by atoms with Crippen LogP contribution in [0, 0.1) is 0 Å². The maximum atomic E-state index is 5.72. The minimum Gasteiger partial charge on any atom is -0.461 e. The van der Waals surface area contributed by atoms with Gasteiger partial charge in [0.15, 0.2) is 0 Å². The second kappa shape index (κ2) is 4.39. The average Bonchev–Trinajstić information content (AvgIpc) is 2.64. The number of para-hydroxylation sites is 1. The van der Waals surface area contributed by atoms with Crippen molar-refractivity contribution in [3.05, 3.63) is 35.6 Å². The van der Waals surface area contributed by atoms with E-state index in [1.54, 1.807) is 0 Å². The normalized spacial score (nSPS) is 10.2. The van der Waals surface area contributed by atoms with E-state index in [1.165, 1.54) is 0 Å². The Balaban J connectivity index is 2.61. The lowest BCUT2D eigenvalue weighted by atomic mass is 10.1. The fourth-order valence-electron chi connectivity index (χ4n) is 1.72. The van der Waals surface area contributed by atoms with Gasteiger partial charge >= 0.3 is 0 Å². The molecule has 76 valence electrons. The van der Waals surface area contributed by atoms with E-state index in [0.717, 1.165) is 28.7 Å². The largest absolute Gasteiger partial charge is 0.461 e. The molecule has 2 nitrogen and oxygen atoms in total. The van der Waals surface area contributed by atoms with Crippen molar-refractivity contribution in [1.29, 1.82) is 0 Å². The predicted octanol–water partition coefficient (Wildman–Crippen LogP) is 3.60. The number of aliphatic imine (C=N–C) groups is 1. The molecule has 0 saturated carbocycles. The number of aryl methyl sites for hydroxylation is 1. The molecular weight excluding hydrogens is 206 g/mol. The van der Waals surface area contributed by atoms with Crippen LogP contribution in [0.25, 0.3) is 11.0 Å². The topological polar surface area (TPSA) is 25.5 Å². The van der Waals surface area contributed by atoms with Crippen LogP contribution >= 0.6 is 12.2 Å². The third-order valence-electron chi connectivity index (χ3n) is 2.40. The molecule has 2 aromatic rings. The zero-order chi connectivity index (χ0) is 10.7. The van der Waals surface area contributed by atoms with Crippen molar-refractivity contribution in [3.8, 4) is 0 Å². The van der Waals surface area contributed by atoms with E-state index >= 15 is 0 Å². The first-order chi connectivity index (χ1) is 7.36. The number of isothiocyanates is 1. The third-order valence-corrected chi connectivity index (χ3v) is 2.53. The molecule has 2 rings (SSSR count). The summed E-state index contributed by atoms with van der Waals surface area (Å²) < 4.78 is 5.72. The van der Waals surface area contributed by atoms with E-state index < -0.39 is 0 Å². The average molecular weight is 217 g/mol. The lowest BCUT2D eigenvalue weighted by Gasteiger charge is -1.94. The van der Waals surface area contributed by atoms with Gasteiger partial charge in [-0.2, -0.15) is 0 Å². The van der Waals surface area contributed by atoms with Crippen molar-refractivity contribution in [1.82, 2.24) is 0 Å². The van der Waals surface area contributed by atoms with Gasteiger partial charge in [0.1, 0.15) is 11.3 Å². The van der Waals surface area contributed by atoms with E-state index in [2.05, 4.69) is 29.3 Å². The Morgan fingerprint density at radius 2 is 2.20 bits per heavy atom. The van der Waals surface area contributed by atoms with Gasteiger partial charge in [-0.05, 0) is 18.3 Å². The van der Waals surface area contributed by atoms with Gasteiger partial charge in [-0.25, -0.2) is 4.99 Å². The van der Waals surface area contributed by atoms with Crippen LogP contribution in [0.2, 0.25) is 0 Å². The molecule has 15 heavy (non-hydrogen) atoms. The molecule has 0 bridgehead atoms. The Morgan fingerprint density at radius 3 is 2.93 bits per heavy atom. The third kappa shape index (κ3) is 1.84. The summed E-state index contributed by atoms with van der Waals surface area (Å²) in [5, 5.41) is 3.52. The summed E-state index contributed by atoms with van der Waals surface area (Å²) in [4.78, 5) is 3.98. The maximum absolute atomic E-state index is 5.72. The van der Waals surface area contributed by atoms with Crippen molar-refractivity contribution in [2.45, 2.75) is 19.9 Å². The minimum absolute atomic E-state index is 0.559. The lowest BCUT2D eigenvalue weighted by molar-refractivity contribution is 0.550. The zero-order valence-corrected chi connectivity index (χ0v) is 9.30. The Labute approximate surface area is 93.6 Å². The van der Waals surface area contributed by atoms with Crippen LogP contribution in [0.4, 0.5) is 0 Å². The van der Waals surface area contributed by atoms with E-state index in [9.17, 15) is 0 Å². The SMILES string of the molecule is CCc1oc2ccccc2c1CN=C=S. The van der Waals surface area contributed by atoms with Gasteiger partial charge in [-0.1, -0.05) is 25.1 Å². The number of fused-ring (bicyclic) bond motifs is 1. The molecule has 0 amide bonds. The number of furan rings is 1. The molecule has 0 spiro atoms. The Hall–Kier alpha value is -1.44. The smallest absolute Gasteiger partial charge is 0.134 e. The number of rotatable bonds is 3. The van der Waals surface area contributed by atoms with Gasteiger partial charge in [-0.3, -0.25) is 0 Å². The summed E-state index contributed by atoms with van der Waals surface area (Å²) in [7, 11) is 0. The standard InChI is InChI=1S/C12H11NOS/c1-2-11-10(7-13-8-15)9-5-3-4-6-12(9)14-11/h3-6H,2,7H2,1H3. The monoisotopic (exact) mass is 217 g/mol. The van der Waals surface area contributed by atoms with Gasteiger partial charge < -0.3 is 4.42 Å². The first-order valence-corrected chi connectivity index (χ1v) is 5.30. The van der Waals surface area contributed by atoms with Crippen LogP contribution in [0.15, 0.2) is 33.7 Å². The Kier molecular flexibility index (Phi) is 2.95.